The van der Waals surface area contributed by atoms with E-state index in [2.05, 4.69) is 17.2 Å². The third-order valence-corrected chi connectivity index (χ3v) is 2.80. The Morgan fingerprint density at radius 2 is 2.00 bits per heavy atom. The smallest absolute Gasteiger partial charge is 0.211 e. The number of benzene rings is 1. The Morgan fingerprint density at radius 1 is 1.32 bits per heavy atom. The van der Waals surface area contributed by atoms with Crippen molar-refractivity contribution in [2.24, 2.45) is 0 Å². The van der Waals surface area contributed by atoms with Gasteiger partial charge in [-0.25, -0.2) is 13.8 Å². The SMILES string of the molecule is CCCNC(C)c1ncc(-c2c(F)cccc2F)o1. The average molecular weight is 266 g/mol. The van der Waals surface area contributed by atoms with Gasteiger partial charge >= 0.3 is 0 Å². The van der Waals surface area contributed by atoms with Crippen molar-refractivity contribution in [2.75, 3.05) is 6.54 Å². The van der Waals surface area contributed by atoms with Crippen molar-refractivity contribution in [3.63, 3.8) is 0 Å². The zero-order valence-corrected chi connectivity index (χ0v) is 10.9. The predicted octanol–water partition coefficient (Wildman–Crippen LogP) is 3.68. The molecule has 2 rings (SSSR count). The first kappa shape index (κ1) is 13.7. The number of nitrogens with one attached hydrogen (secondary N) is 1. The Kier molecular flexibility index (Phi) is 4.27. The Labute approximate surface area is 110 Å². The molecule has 0 fully saturated rings. The molecule has 0 saturated carbocycles. The maximum absolute atomic E-state index is 13.6. The summed E-state index contributed by atoms with van der Waals surface area (Å²) < 4.78 is 32.6. The first-order chi connectivity index (χ1) is 9.13. The molecule has 0 saturated heterocycles. The van der Waals surface area contributed by atoms with E-state index in [0.717, 1.165) is 13.0 Å². The van der Waals surface area contributed by atoms with Crippen LogP contribution in [0.2, 0.25) is 0 Å². The molecule has 5 heteroatoms. The molecule has 2 aromatic rings. The van der Waals surface area contributed by atoms with Crippen molar-refractivity contribution in [3.8, 4) is 11.3 Å². The highest BCUT2D eigenvalue weighted by molar-refractivity contribution is 5.58. The fourth-order valence-electron chi connectivity index (χ4n) is 1.78. The van der Waals surface area contributed by atoms with Crippen LogP contribution in [0.4, 0.5) is 8.78 Å². The minimum atomic E-state index is -0.656. The van der Waals surface area contributed by atoms with E-state index in [0.29, 0.717) is 5.89 Å². The zero-order chi connectivity index (χ0) is 13.8. The van der Waals surface area contributed by atoms with Gasteiger partial charge in [-0.15, -0.1) is 0 Å². The lowest BCUT2D eigenvalue weighted by Gasteiger charge is -2.08. The topological polar surface area (TPSA) is 38.1 Å². The summed E-state index contributed by atoms with van der Waals surface area (Å²) in [6.45, 7) is 4.77. The van der Waals surface area contributed by atoms with Gasteiger partial charge in [0.05, 0.1) is 17.8 Å². The second-order valence-corrected chi connectivity index (χ2v) is 4.34. The second-order valence-electron chi connectivity index (χ2n) is 4.34. The molecule has 3 nitrogen and oxygen atoms in total. The summed E-state index contributed by atoms with van der Waals surface area (Å²) >= 11 is 0. The number of rotatable bonds is 5. The quantitative estimate of drug-likeness (QED) is 0.897. The summed E-state index contributed by atoms with van der Waals surface area (Å²) in [5.74, 6) is -0.782. The number of aromatic nitrogens is 1. The minimum absolute atomic E-state index is 0.0939. The maximum atomic E-state index is 13.6. The van der Waals surface area contributed by atoms with Gasteiger partial charge < -0.3 is 9.73 Å². The zero-order valence-electron chi connectivity index (χ0n) is 10.9. The highest BCUT2D eigenvalue weighted by atomic mass is 19.1. The summed E-state index contributed by atoms with van der Waals surface area (Å²) in [6.07, 6.45) is 2.33. The van der Waals surface area contributed by atoms with Gasteiger partial charge in [-0.05, 0) is 32.0 Å². The van der Waals surface area contributed by atoms with Crippen LogP contribution in [0, 0.1) is 11.6 Å². The summed E-state index contributed by atoms with van der Waals surface area (Å²) in [5, 5.41) is 3.20. The van der Waals surface area contributed by atoms with E-state index in [1.165, 1.54) is 24.4 Å². The Bertz CT molecular complexity index is 534. The van der Waals surface area contributed by atoms with Crippen LogP contribution in [0.25, 0.3) is 11.3 Å². The van der Waals surface area contributed by atoms with Gasteiger partial charge in [0.15, 0.2) is 5.76 Å². The van der Waals surface area contributed by atoms with Crippen molar-refractivity contribution in [1.29, 1.82) is 0 Å². The number of hydrogen-bond acceptors (Lipinski definition) is 3. The molecule has 19 heavy (non-hydrogen) atoms. The number of hydrogen-bond donors (Lipinski definition) is 1. The average Bonchev–Trinajstić information content (AvgIpc) is 2.85. The molecule has 1 N–H and O–H groups in total. The van der Waals surface area contributed by atoms with Crippen LogP contribution < -0.4 is 5.32 Å². The van der Waals surface area contributed by atoms with Crippen LogP contribution in [0.5, 0.6) is 0 Å². The standard InChI is InChI=1S/C14H16F2N2O/c1-3-7-17-9(2)14-18-8-12(19-14)13-10(15)5-4-6-11(13)16/h4-6,8-9,17H,3,7H2,1-2H3. The van der Waals surface area contributed by atoms with E-state index in [4.69, 9.17) is 4.42 Å². The molecule has 0 amide bonds. The van der Waals surface area contributed by atoms with Gasteiger partial charge in [-0.2, -0.15) is 0 Å². The van der Waals surface area contributed by atoms with E-state index in [1.54, 1.807) is 0 Å². The minimum Gasteiger partial charge on any atom is -0.439 e. The lowest BCUT2D eigenvalue weighted by Crippen LogP contribution is -2.19. The molecular formula is C14H16F2N2O. The third kappa shape index (κ3) is 2.98. The number of halogens is 2. The predicted molar refractivity (Wildman–Crippen MR) is 68.6 cm³/mol. The van der Waals surface area contributed by atoms with Crippen molar-refractivity contribution < 1.29 is 13.2 Å². The third-order valence-electron chi connectivity index (χ3n) is 2.80. The van der Waals surface area contributed by atoms with Crippen molar-refractivity contribution in [2.45, 2.75) is 26.3 Å². The van der Waals surface area contributed by atoms with E-state index in [1.807, 2.05) is 6.92 Å². The van der Waals surface area contributed by atoms with Gasteiger partial charge in [-0.1, -0.05) is 13.0 Å². The highest BCUT2D eigenvalue weighted by Crippen LogP contribution is 2.27. The molecule has 0 bridgehead atoms. The molecule has 1 atom stereocenters. The van der Waals surface area contributed by atoms with E-state index >= 15 is 0 Å². The Balaban J connectivity index is 2.26. The molecule has 0 spiro atoms. The normalized spacial score (nSPS) is 12.6. The molecule has 1 unspecified atom stereocenters. The van der Waals surface area contributed by atoms with E-state index in [9.17, 15) is 8.78 Å². The molecule has 1 aromatic carbocycles. The highest BCUT2D eigenvalue weighted by Gasteiger charge is 2.17. The van der Waals surface area contributed by atoms with Gasteiger partial charge in [0.1, 0.15) is 11.6 Å². The fraction of sp³-hybridized carbons (Fsp3) is 0.357. The monoisotopic (exact) mass is 266 g/mol. The Hall–Kier alpha value is -1.75. The second kappa shape index (κ2) is 5.93. The molecular weight excluding hydrogens is 250 g/mol. The molecule has 102 valence electrons. The van der Waals surface area contributed by atoms with Gasteiger partial charge in [0, 0.05) is 0 Å². The van der Waals surface area contributed by atoms with Crippen molar-refractivity contribution in [1.82, 2.24) is 10.3 Å². The molecule has 0 aliphatic heterocycles. The number of oxazole rings is 1. The Morgan fingerprint density at radius 3 is 2.63 bits per heavy atom. The van der Waals surface area contributed by atoms with Gasteiger partial charge in [-0.3, -0.25) is 0 Å². The van der Waals surface area contributed by atoms with Crippen molar-refractivity contribution >= 4 is 0 Å². The summed E-state index contributed by atoms with van der Waals surface area (Å²) in [7, 11) is 0. The largest absolute Gasteiger partial charge is 0.439 e. The first-order valence-corrected chi connectivity index (χ1v) is 6.27. The molecule has 0 aliphatic carbocycles. The maximum Gasteiger partial charge on any atom is 0.211 e. The first-order valence-electron chi connectivity index (χ1n) is 6.27. The van der Waals surface area contributed by atoms with Crippen LogP contribution in [-0.2, 0) is 0 Å². The summed E-state index contributed by atoms with van der Waals surface area (Å²) in [5.41, 5.74) is -0.177. The summed E-state index contributed by atoms with van der Waals surface area (Å²) in [4.78, 5) is 4.07. The van der Waals surface area contributed by atoms with Crippen LogP contribution in [0.1, 0.15) is 32.2 Å². The van der Waals surface area contributed by atoms with E-state index < -0.39 is 11.6 Å². The van der Waals surface area contributed by atoms with Gasteiger partial charge in [0.2, 0.25) is 5.89 Å². The van der Waals surface area contributed by atoms with Crippen LogP contribution in [-0.4, -0.2) is 11.5 Å². The molecule has 1 heterocycles. The summed E-state index contributed by atoms with van der Waals surface area (Å²) in [6, 6.07) is 3.61. The van der Waals surface area contributed by atoms with Gasteiger partial charge in [0.25, 0.3) is 0 Å². The van der Waals surface area contributed by atoms with Crippen LogP contribution in [0.15, 0.2) is 28.8 Å². The lowest BCUT2D eigenvalue weighted by atomic mass is 10.1. The van der Waals surface area contributed by atoms with E-state index in [-0.39, 0.29) is 17.4 Å². The molecule has 0 aliphatic rings. The molecule has 1 aromatic heterocycles. The molecule has 0 radical (unpaired) electrons. The van der Waals surface area contributed by atoms with Crippen LogP contribution >= 0.6 is 0 Å². The van der Waals surface area contributed by atoms with Crippen LogP contribution in [0.3, 0.4) is 0 Å². The number of nitrogens with zero attached hydrogens (tertiary/aromatic N) is 1. The fourth-order valence-corrected chi connectivity index (χ4v) is 1.78. The van der Waals surface area contributed by atoms with Crippen molar-refractivity contribution in [3.05, 3.63) is 41.9 Å². The lowest BCUT2D eigenvalue weighted by molar-refractivity contribution is 0.420.